The molecular formula is C11H18N2O3. The minimum Gasteiger partial charge on any atom is -0.495 e. The molecular weight excluding hydrogens is 208 g/mol. The standard InChI is InChI=1S/C11H18N2O3/c1-16-11-8-9(12)2-3-10(11)13(4-6-14)5-7-15/h2-3,8,14-15H,4-7,12H2,1H3. The summed E-state index contributed by atoms with van der Waals surface area (Å²) in [7, 11) is 1.56. The number of benzene rings is 1. The smallest absolute Gasteiger partial charge is 0.144 e. The molecule has 1 aromatic rings. The minimum absolute atomic E-state index is 0.0214. The van der Waals surface area contributed by atoms with Crippen molar-refractivity contribution >= 4 is 11.4 Å². The van der Waals surface area contributed by atoms with Crippen LogP contribution in [0.5, 0.6) is 5.75 Å². The molecule has 0 saturated heterocycles. The largest absolute Gasteiger partial charge is 0.495 e. The average Bonchev–Trinajstić information content (AvgIpc) is 2.28. The van der Waals surface area contributed by atoms with Crippen LogP contribution in [-0.4, -0.2) is 43.6 Å². The molecule has 5 heteroatoms. The molecule has 16 heavy (non-hydrogen) atoms. The molecule has 0 aromatic heterocycles. The summed E-state index contributed by atoms with van der Waals surface area (Å²) in [5.41, 5.74) is 7.09. The third-order valence-electron chi connectivity index (χ3n) is 2.28. The molecule has 0 spiro atoms. The van der Waals surface area contributed by atoms with E-state index in [0.717, 1.165) is 5.69 Å². The predicted octanol–water partition coefficient (Wildman–Crippen LogP) is 0.0684. The number of rotatable bonds is 6. The number of nitrogens with two attached hydrogens (primary N) is 1. The molecule has 0 unspecified atom stereocenters. The number of aliphatic hydroxyl groups is 2. The summed E-state index contributed by atoms with van der Waals surface area (Å²) in [4.78, 5) is 1.85. The van der Waals surface area contributed by atoms with Crippen LogP contribution in [0, 0.1) is 0 Å². The number of hydrogen-bond acceptors (Lipinski definition) is 5. The van der Waals surface area contributed by atoms with E-state index in [1.54, 1.807) is 19.2 Å². The van der Waals surface area contributed by atoms with Crippen LogP contribution in [0.1, 0.15) is 0 Å². The van der Waals surface area contributed by atoms with E-state index >= 15 is 0 Å². The Morgan fingerprint density at radius 3 is 2.38 bits per heavy atom. The van der Waals surface area contributed by atoms with Crippen molar-refractivity contribution in [2.75, 3.05) is 44.0 Å². The van der Waals surface area contributed by atoms with Crippen LogP contribution < -0.4 is 15.4 Å². The lowest BCUT2D eigenvalue weighted by Gasteiger charge is -2.25. The van der Waals surface area contributed by atoms with Gasteiger partial charge in [-0.25, -0.2) is 0 Å². The highest BCUT2D eigenvalue weighted by Crippen LogP contribution is 2.29. The maximum absolute atomic E-state index is 8.95. The van der Waals surface area contributed by atoms with Gasteiger partial charge in [0, 0.05) is 24.8 Å². The van der Waals surface area contributed by atoms with E-state index in [9.17, 15) is 0 Å². The summed E-state index contributed by atoms with van der Waals surface area (Å²) >= 11 is 0. The van der Waals surface area contributed by atoms with Crippen LogP contribution in [0.15, 0.2) is 18.2 Å². The molecule has 0 atom stereocenters. The van der Waals surface area contributed by atoms with Gasteiger partial charge in [0.25, 0.3) is 0 Å². The van der Waals surface area contributed by atoms with E-state index in [2.05, 4.69) is 0 Å². The molecule has 0 amide bonds. The second-order valence-corrected chi connectivity index (χ2v) is 3.37. The van der Waals surface area contributed by atoms with Crippen LogP contribution in [0.3, 0.4) is 0 Å². The van der Waals surface area contributed by atoms with Gasteiger partial charge in [0.1, 0.15) is 5.75 Å². The Bertz CT molecular complexity index is 325. The molecule has 0 heterocycles. The highest BCUT2D eigenvalue weighted by atomic mass is 16.5. The summed E-state index contributed by atoms with van der Waals surface area (Å²) in [6.45, 7) is 0.933. The summed E-state index contributed by atoms with van der Waals surface area (Å²) in [5, 5.41) is 17.9. The number of nitrogen functional groups attached to an aromatic ring is 1. The Labute approximate surface area is 95.1 Å². The number of aliphatic hydroxyl groups excluding tert-OH is 2. The lowest BCUT2D eigenvalue weighted by Crippen LogP contribution is -2.30. The lowest BCUT2D eigenvalue weighted by atomic mass is 10.2. The van der Waals surface area contributed by atoms with Gasteiger partial charge < -0.3 is 25.6 Å². The monoisotopic (exact) mass is 226 g/mol. The van der Waals surface area contributed by atoms with E-state index in [1.165, 1.54) is 0 Å². The zero-order valence-corrected chi connectivity index (χ0v) is 9.39. The van der Waals surface area contributed by atoms with Crippen molar-refractivity contribution in [2.45, 2.75) is 0 Å². The van der Waals surface area contributed by atoms with Crippen LogP contribution in [0.4, 0.5) is 11.4 Å². The van der Waals surface area contributed by atoms with E-state index in [0.29, 0.717) is 24.5 Å². The van der Waals surface area contributed by atoms with Crippen LogP contribution in [0.2, 0.25) is 0 Å². The number of nitrogens with zero attached hydrogens (tertiary/aromatic N) is 1. The zero-order valence-electron chi connectivity index (χ0n) is 9.39. The lowest BCUT2D eigenvalue weighted by molar-refractivity contribution is 0.280. The van der Waals surface area contributed by atoms with Gasteiger partial charge in [0.05, 0.1) is 26.0 Å². The van der Waals surface area contributed by atoms with Crippen LogP contribution in [0.25, 0.3) is 0 Å². The zero-order chi connectivity index (χ0) is 12.0. The van der Waals surface area contributed by atoms with E-state index < -0.39 is 0 Å². The van der Waals surface area contributed by atoms with Crippen LogP contribution in [-0.2, 0) is 0 Å². The Morgan fingerprint density at radius 1 is 1.25 bits per heavy atom. The molecule has 0 aliphatic carbocycles. The van der Waals surface area contributed by atoms with E-state index in [1.807, 2.05) is 11.0 Å². The van der Waals surface area contributed by atoms with Gasteiger partial charge in [-0.05, 0) is 12.1 Å². The summed E-state index contributed by atoms with van der Waals surface area (Å²) in [6, 6.07) is 5.30. The SMILES string of the molecule is COc1cc(N)ccc1N(CCO)CCO. The normalized spacial score (nSPS) is 10.2. The maximum atomic E-state index is 8.95. The second-order valence-electron chi connectivity index (χ2n) is 3.37. The summed E-state index contributed by atoms with van der Waals surface area (Å²) in [6.07, 6.45) is 0. The van der Waals surface area contributed by atoms with Gasteiger partial charge in [-0.2, -0.15) is 0 Å². The van der Waals surface area contributed by atoms with Gasteiger partial charge in [-0.15, -0.1) is 0 Å². The van der Waals surface area contributed by atoms with Crippen molar-refractivity contribution in [1.29, 1.82) is 0 Å². The average molecular weight is 226 g/mol. The highest BCUT2D eigenvalue weighted by Gasteiger charge is 2.11. The van der Waals surface area contributed by atoms with Crippen LogP contribution >= 0.6 is 0 Å². The van der Waals surface area contributed by atoms with Gasteiger partial charge in [-0.1, -0.05) is 0 Å². The molecule has 90 valence electrons. The molecule has 0 aliphatic rings. The first-order valence-electron chi connectivity index (χ1n) is 5.13. The predicted molar refractivity (Wildman–Crippen MR) is 63.8 cm³/mol. The Balaban J connectivity index is 2.97. The topological polar surface area (TPSA) is 79.0 Å². The van der Waals surface area contributed by atoms with Crippen molar-refractivity contribution in [3.8, 4) is 5.75 Å². The fourth-order valence-corrected chi connectivity index (χ4v) is 1.55. The fraction of sp³-hybridized carbons (Fsp3) is 0.455. The van der Waals surface area contributed by atoms with E-state index in [-0.39, 0.29) is 13.2 Å². The van der Waals surface area contributed by atoms with Crippen molar-refractivity contribution in [2.24, 2.45) is 0 Å². The van der Waals surface area contributed by atoms with Gasteiger partial charge in [-0.3, -0.25) is 0 Å². The third-order valence-corrected chi connectivity index (χ3v) is 2.28. The van der Waals surface area contributed by atoms with Gasteiger partial charge in [0.15, 0.2) is 0 Å². The third kappa shape index (κ3) is 3.01. The first-order valence-corrected chi connectivity index (χ1v) is 5.13. The first kappa shape index (κ1) is 12.6. The second kappa shape index (κ2) is 6.19. The quantitative estimate of drug-likeness (QED) is 0.598. The molecule has 0 radical (unpaired) electrons. The van der Waals surface area contributed by atoms with Crippen molar-refractivity contribution in [3.05, 3.63) is 18.2 Å². The fourth-order valence-electron chi connectivity index (χ4n) is 1.55. The van der Waals surface area contributed by atoms with Crippen molar-refractivity contribution < 1.29 is 14.9 Å². The highest BCUT2D eigenvalue weighted by molar-refractivity contribution is 5.64. The first-order chi connectivity index (χ1) is 7.72. The number of methoxy groups -OCH3 is 1. The number of ether oxygens (including phenoxy) is 1. The molecule has 4 N–H and O–H groups in total. The van der Waals surface area contributed by atoms with Crippen molar-refractivity contribution in [3.63, 3.8) is 0 Å². The van der Waals surface area contributed by atoms with Gasteiger partial charge >= 0.3 is 0 Å². The van der Waals surface area contributed by atoms with Gasteiger partial charge in [0.2, 0.25) is 0 Å². The van der Waals surface area contributed by atoms with Crippen molar-refractivity contribution in [1.82, 2.24) is 0 Å². The number of anilines is 2. The summed E-state index contributed by atoms with van der Waals surface area (Å²) in [5.74, 6) is 0.641. The Kier molecular flexibility index (Phi) is 4.88. The maximum Gasteiger partial charge on any atom is 0.144 e. The van der Waals surface area contributed by atoms with E-state index in [4.69, 9.17) is 20.7 Å². The Hall–Kier alpha value is -1.46. The minimum atomic E-state index is 0.0214. The molecule has 0 bridgehead atoms. The summed E-state index contributed by atoms with van der Waals surface area (Å²) < 4.78 is 5.21. The molecule has 1 aromatic carbocycles. The molecule has 0 fully saturated rings. The molecule has 5 nitrogen and oxygen atoms in total. The molecule has 1 rings (SSSR count). The number of hydrogen-bond donors (Lipinski definition) is 3. The molecule has 0 saturated carbocycles. The molecule has 0 aliphatic heterocycles. The Morgan fingerprint density at radius 2 is 1.88 bits per heavy atom.